The van der Waals surface area contributed by atoms with E-state index in [1.54, 1.807) is 12.1 Å². The fraction of sp³-hybridized carbons (Fsp3) is 0.571. The highest BCUT2D eigenvalue weighted by atomic mass is 16.2. The molecule has 1 saturated carbocycles. The minimum Gasteiger partial charge on any atom is -0.335 e. The van der Waals surface area contributed by atoms with Crippen LogP contribution in [0.4, 0.5) is 4.79 Å². The number of nitrogens with zero attached hydrogens (tertiary/aromatic N) is 2. The molecule has 2 N–H and O–H groups in total. The molecule has 1 fully saturated rings. The first kappa shape index (κ1) is 20.9. The zero-order valence-electron chi connectivity index (χ0n) is 16.3. The fourth-order valence-corrected chi connectivity index (χ4v) is 3.58. The monoisotopic (exact) mass is 370 g/mol. The van der Waals surface area contributed by atoms with E-state index in [1.165, 1.54) is 6.42 Å². The molecule has 3 amide bonds. The number of hydrogen-bond donors (Lipinski definition) is 2. The number of hydrogen-bond acceptors (Lipinski definition) is 4. The predicted molar refractivity (Wildman–Crippen MR) is 105 cm³/mol. The van der Waals surface area contributed by atoms with Gasteiger partial charge in [0.25, 0.3) is 0 Å². The quantitative estimate of drug-likeness (QED) is 0.772. The van der Waals surface area contributed by atoms with Gasteiger partial charge in [-0.15, -0.1) is 0 Å². The van der Waals surface area contributed by atoms with Crippen molar-refractivity contribution in [2.45, 2.75) is 58.5 Å². The van der Waals surface area contributed by atoms with Crippen molar-refractivity contribution in [1.29, 1.82) is 5.26 Å². The van der Waals surface area contributed by atoms with E-state index in [1.807, 2.05) is 17.0 Å². The van der Waals surface area contributed by atoms with Crippen LogP contribution in [0.25, 0.3) is 0 Å². The molecule has 6 heteroatoms. The first-order valence-corrected chi connectivity index (χ1v) is 9.83. The smallest absolute Gasteiger partial charge is 0.321 e. The van der Waals surface area contributed by atoms with Crippen molar-refractivity contribution in [3.63, 3.8) is 0 Å². The second-order valence-corrected chi connectivity index (χ2v) is 7.41. The molecule has 0 bridgehead atoms. The Kier molecular flexibility index (Phi) is 8.28. The van der Waals surface area contributed by atoms with Crippen LogP contribution in [0.5, 0.6) is 0 Å². The van der Waals surface area contributed by atoms with Gasteiger partial charge in [-0.05, 0) is 49.4 Å². The summed E-state index contributed by atoms with van der Waals surface area (Å²) in [6.07, 6.45) is 5.34. The molecule has 2 unspecified atom stereocenters. The van der Waals surface area contributed by atoms with Crippen molar-refractivity contribution in [3.05, 3.63) is 35.4 Å². The van der Waals surface area contributed by atoms with E-state index < -0.39 is 6.03 Å². The van der Waals surface area contributed by atoms with Gasteiger partial charge in [0.05, 0.1) is 18.2 Å². The standard InChI is InChI=1S/C21H30N4O2/c1-3-12-25(14-18-10-8-17(13-22)9-11-18)15-20(26)24-21(27)23-19-7-5-4-6-16(19)2/h8-11,16,19H,3-7,12,14-15H2,1-2H3,(H2,23,24,26,27). The van der Waals surface area contributed by atoms with Crippen LogP contribution in [0.1, 0.15) is 57.1 Å². The summed E-state index contributed by atoms with van der Waals surface area (Å²) in [6, 6.07) is 9.21. The molecular formula is C21H30N4O2. The largest absolute Gasteiger partial charge is 0.335 e. The van der Waals surface area contributed by atoms with Crippen LogP contribution in [0.3, 0.4) is 0 Å². The van der Waals surface area contributed by atoms with Crippen LogP contribution in [-0.4, -0.2) is 36.0 Å². The minimum atomic E-state index is -0.395. The lowest BCUT2D eigenvalue weighted by Gasteiger charge is -2.29. The van der Waals surface area contributed by atoms with Crippen molar-refractivity contribution in [2.75, 3.05) is 13.1 Å². The van der Waals surface area contributed by atoms with Crippen LogP contribution in [0, 0.1) is 17.2 Å². The Labute approximate surface area is 161 Å². The zero-order valence-corrected chi connectivity index (χ0v) is 16.3. The summed E-state index contributed by atoms with van der Waals surface area (Å²) in [7, 11) is 0. The Bertz CT molecular complexity index is 666. The molecule has 1 aliphatic carbocycles. The topological polar surface area (TPSA) is 85.2 Å². The normalized spacial score (nSPS) is 19.3. The maximum absolute atomic E-state index is 12.3. The molecule has 1 aromatic rings. The lowest BCUT2D eigenvalue weighted by Crippen LogP contribution is -2.49. The molecule has 1 aliphatic rings. The maximum Gasteiger partial charge on any atom is 0.321 e. The van der Waals surface area contributed by atoms with Gasteiger partial charge in [-0.25, -0.2) is 4.79 Å². The van der Waals surface area contributed by atoms with Gasteiger partial charge in [0, 0.05) is 12.6 Å². The molecule has 2 atom stereocenters. The number of amides is 3. The van der Waals surface area contributed by atoms with Crippen molar-refractivity contribution in [2.24, 2.45) is 5.92 Å². The van der Waals surface area contributed by atoms with Crippen LogP contribution >= 0.6 is 0 Å². The maximum atomic E-state index is 12.3. The Hall–Kier alpha value is -2.39. The number of carbonyl (C=O) groups is 2. The minimum absolute atomic E-state index is 0.150. The number of urea groups is 1. The van der Waals surface area contributed by atoms with Crippen LogP contribution in [0.2, 0.25) is 0 Å². The third-order valence-corrected chi connectivity index (χ3v) is 5.08. The molecule has 0 spiro atoms. The number of carbonyl (C=O) groups excluding carboxylic acids is 2. The van der Waals surface area contributed by atoms with E-state index in [-0.39, 0.29) is 18.5 Å². The number of imide groups is 1. The van der Waals surface area contributed by atoms with E-state index in [2.05, 4.69) is 30.6 Å². The van der Waals surface area contributed by atoms with E-state index in [0.29, 0.717) is 18.0 Å². The van der Waals surface area contributed by atoms with Crippen molar-refractivity contribution >= 4 is 11.9 Å². The Morgan fingerprint density at radius 3 is 2.56 bits per heavy atom. The number of nitrogens with one attached hydrogen (secondary N) is 2. The van der Waals surface area contributed by atoms with Gasteiger partial charge in [0.15, 0.2) is 0 Å². The highest BCUT2D eigenvalue weighted by Gasteiger charge is 2.23. The number of nitriles is 1. The molecule has 1 aromatic carbocycles. The third-order valence-electron chi connectivity index (χ3n) is 5.08. The van der Waals surface area contributed by atoms with E-state index in [4.69, 9.17) is 5.26 Å². The molecule has 27 heavy (non-hydrogen) atoms. The molecule has 146 valence electrons. The molecular weight excluding hydrogens is 340 g/mol. The molecule has 0 radical (unpaired) electrons. The van der Waals surface area contributed by atoms with Gasteiger partial charge >= 0.3 is 6.03 Å². The molecule has 0 saturated heterocycles. The van der Waals surface area contributed by atoms with Gasteiger partial charge < -0.3 is 5.32 Å². The summed E-state index contributed by atoms with van der Waals surface area (Å²) in [4.78, 5) is 26.4. The van der Waals surface area contributed by atoms with Crippen LogP contribution in [-0.2, 0) is 11.3 Å². The highest BCUT2D eigenvalue weighted by molar-refractivity contribution is 5.95. The molecule has 0 heterocycles. The van der Waals surface area contributed by atoms with Crippen molar-refractivity contribution < 1.29 is 9.59 Å². The predicted octanol–water partition coefficient (Wildman–Crippen LogP) is 3.17. The lowest BCUT2D eigenvalue weighted by molar-refractivity contribution is -0.121. The van der Waals surface area contributed by atoms with Gasteiger partial charge in [0.1, 0.15) is 0 Å². The number of benzene rings is 1. The summed E-state index contributed by atoms with van der Waals surface area (Å²) in [6.45, 7) is 5.73. The van der Waals surface area contributed by atoms with Gasteiger partial charge in [-0.1, -0.05) is 38.8 Å². The summed E-state index contributed by atoms with van der Waals surface area (Å²) < 4.78 is 0. The molecule has 6 nitrogen and oxygen atoms in total. The second-order valence-electron chi connectivity index (χ2n) is 7.41. The van der Waals surface area contributed by atoms with Crippen LogP contribution < -0.4 is 10.6 Å². The lowest BCUT2D eigenvalue weighted by atomic mass is 9.86. The van der Waals surface area contributed by atoms with Gasteiger partial charge in [-0.3, -0.25) is 15.0 Å². The average molecular weight is 370 g/mol. The Morgan fingerprint density at radius 2 is 1.93 bits per heavy atom. The van der Waals surface area contributed by atoms with Crippen molar-refractivity contribution in [1.82, 2.24) is 15.5 Å². The molecule has 2 rings (SSSR count). The van der Waals surface area contributed by atoms with Gasteiger partial charge in [0.2, 0.25) is 5.91 Å². The fourth-order valence-electron chi connectivity index (χ4n) is 3.58. The van der Waals surface area contributed by atoms with E-state index in [9.17, 15) is 9.59 Å². The van der Waals surface area contributed by atoms with E-state index >= 15 is 0 Å². The summed E-state index contributed by atoms with van der Waals surface area (Å²) in [5.41, 5.74) is 1.66. The Morgan fingerprint density at radius 1 is 1.22 bits per heavy atom. The van der Waals surface area contributed by atoms with E-state index in [0.717, 1.165) is 37.8 Å². The third kappa shape index (κ3) is 7.03. The first-order chi connectivity index (χ1) is 13.0. The summed E-state index contributed by atoms with van der Waals surface area (Å²) in [5.74, 6) is 0.158. The summed E-state index contributed by atoms with van der Waals surface area (Å²) >= 11 is 0. The average Bonchev–Trinajstić information content (AvgIpc) is 2.64. The van der Waals surface area contributed by atoms with Crippen molar-refractivity contribution in [3.8, 4) is 6.07 Å². The van der Waals surface area contributed by atoms with Crippen LogP contribution in [0.15, 0.2) is 24.3 Å². The summed E-state index contributed by atoms with van der Waals surface area (Å²) in [5, 5.41) is 14.3. The Balaban J connectivity index is 1.84. The zero-order chi connectivity index (χ0) is 19.6. The number of rotatable bonds is 7. The molecule has 0 aliphatic heterocycles. The molecule has 0 aromatic heterocycles. The van der Waals surface area contributed by atoms with Gasteiger partial charge in [-0.2, -0.15) is 5.26 Å². The second kappa shape index (κ2) is 10.7. The highest BCUT2D eigenvalue weighted by Crippen LogP contribution is 2.23. The SMILES string of the molecule is CCCN(CC(=O)NC(=O)NC1CCCCC1C)Cc1ccc(C#N)cc1. The first-order valence-electron chi connectivity index (χ1n) is 9.83.